The maximum Gasteiger partial charge on any atom is 0.270 e. The summed E-state index contributed by atoms with van der Waals surface area (Å²) in [5.41, 5.74) is 8.73. The van der Waals surface area contributed by atoms with E-state index in [2.05, 4.69) is 10.7 Å². The molecule has 1 saturated heterocycles. The Bertz CT molecular complexity index is 1220. The van der Waals surface area contributed by atoms with Crippen molar-refractivity contribution in [1.29, 1.82) is 0 Å². The Morgan fingerprint density at radius 1 is 0.909 bits per heavy atom. The molecule has 1 aliphatic rings. The van der Waals surface area contributed by atoms with Crippen molar-refractivity contribution < 1.29 is 14.4 Å². The number of amides is 3. The number of hydrogen-bond donors (Lipinski definition) is 2. The summed E-state index contributed by atoms with van der Waals surface area (Å²) in [6.45, 7) is 8.18. The van der Waals surface area contributed by atoms with Crippen LogP contribution in [0.4, 0.5) is 11.4 Å². The van der Waals surface area contributed by atoms with Gasteiger partial charge in [0.05, 0.1) is 5.92 Å². The van der Waals surface area contributed by atoms with Crippen molar-refractivity contribution in [3.05, 3.63) is 82.7 Å². The van der Waals surface area contributed by atoms with Crippen molar-refractivity contribution in [1.82, 2.24) is 4.68 Å². The largest absolute Gasteiger partial charge is 0.326 e. The zero-order valence-electron chi connectivity index (χ0n) is 19.3. The highest BCUT2D eigenvalue weighted by atomic mass is 16.2. The molecule has 3 aromatic rings. The van der Waals surface area contributed by atoms with E-state index in [1.807, 2.05) is 58.0 Å². The molecular formula is C26H28N4O3. The fourth-order valence-electron chi connectivity index (χ4n) is 4.02. The van der Waals surface area contributed by atoms with Gasteiger partial charge in [0.1, 0.15) is 0 Å². The number of aromatic nitrogens is 1. The van der Waals surface area contributed by atoms with Crippen molar-refractivity contribution >= 4 is 29.1 Å². The molecule has 2 aromatic carbocycles. The van der Waals surface area contributed by atoms with Gasteiger partial charge in [-0.3, -0.25) is 24.5 Å². The Balaban J connectivity index is 1.43. The van der Waals surface area contributed by atoms with E-state index in [-0.39, 0.29) is 24.1 Å². The summed E-state index contributed by atoms with van der Waals surface area (Å²) in [6.07, 6.45) is 0.158. The second kappa shape index (κ2) is 8.94. The van der Waals surface area contributed by atoms with Gasteiger partial charge in [-0.05, 0) is 81.3 Å². The molecule has 170 valence electrons. The lowest BCUT2D eigenvalue weighted by Gasteiger charge is -2.18. The van der Waals surface area contributed by atoms with Crippen LogP contribution in [0, 0.1) is 33.6 Å². The molecule has 7 heteroatoms. The lowest BCUT2D eigenvalue weighted by Crippen LogP contribution is -2.28. The first-order chi connectivity index (χ1) is 15.7. The summed E-state index contributed by atoms with van der Waals surface area (Å²) >= 11 is 0. The van der Waals surface area contributed by atoms with Crippen LogP contribution in [0.3, 0.4) is 0 Å². The summed E-state index contributed by atoms with van der Waals surface area (Å²) < 4.78 is 1.72. The van der Waals surface area contributed by atoms with E-state index in [0.29, 0.717) is 17.8 Å². The first kappa shape index (κ1) is 22.3. The van der Waals surface area contributed by atoms with Crippen LogP contribution in [0.15, 0.2) is 54.6 Å². The predicted molar refractivity (Wildman–Crippen MR) is 129 cm³/mol. The number of nitrogens with zero attached hydrogens (tertiary/aromatic N) is 2. The van der Waals surface area contributed by atoms with Gasteiger partial charge in [-0.15, -0.1) is 0 Å². The second-order valence-electron chi connectivity index (χ2n) is 8.64. The SMILES string of the molecule is Cc1ccc(N2C[C@H](C(=O)Nc3cccc(C(=O)Nn4c(C)ccc4C)c3)CC2=O)cc1C. The summed E-state index contributed by atoms with van der Waals surface area (Å²) in [5.74, 6) is -1.03. The molecular weight excluding hydrogens is 416 g/mol. The van der Waals surface area contributed by atoms with Crippen LogP contribution in [-0.2, 0) is 9.59 Å². The summed E-state index contributed by atoms with van der Waals surface area (Å²) in [5, 5.41) is 2.87. The molecule has 33 heavy (non-hydrogen) atoms. The van der Waals surface area contributed by atoms with E-state index in [1.165, 1.54) is 0 Å². The number of carbonyl (C=O) groups excluding carboxylic acids is 3. The van der Waals surface area contributed by atoms with Crippen LogP contribution in [-0.4, -0.2) is 28.9 Å². The Morgan fingerprint density at radius 3 is 2.33 bits per heavy atom. The van der Waals surface area contributed by atoms with Gasteiger partial charge in [-0.1, -0.05) is 12.1 Å². The molecule has 2 heterocycles. The maximum absolute atomic E-state index is 12.9. The Kier molecular flexibility index (Phi) is 6.05. The van der Waals surface area contributed by atoms with Crippen molar-refractivity contribution in [3.63, 3.8) is 0 Å². The molecule has 1 aliphatic heterocycles. The van der Waals surface area contributed by atoms with Gasteiger partial charge < -0.3 is 10.2 Å². The second-order valence-corrected chi connectivity index (χ2v) is 8.64. The third kappa shape index (κ3) is 4.67. The van der Waals surface area contributed by atoms with Crippen LogP contribution in [0.25, 0.3) is 0 Å². The fourth-order valence-corrected chi connectivity index (χ4v) is 4.02. The number of carbonyl (C=O) groups is 3. The number of rotatable bonds is 5. The normalized spacial score (nSPS) is 15.6. The molecule has 7 nitrogen and oxygen atoms in total. The van der Waals surface area contributed by atoms with E-state index >= 15 is 0 Å². The molecule has 0 bridgehead atoms. The van der Waals surface area contributed by atoms with Gasteiger partial charge in [0, 0.05) is 41.3 Å². The predicted octanol–water partition coefficient (Wildman–Crippen LogP) is 4.10. The molecule has 3 amide bonds. The van der Waals surface area contributed by atoms with Crippen molar-refractivity contribution in [2.24, 2.45) is 5.92 Å². The zero-order valence-corrected chi connectivity index (χ0v) is 19.3. The number of benzene rings is 2. The molecule has 1 fully saturated rings. The minimum atomic E-state index is -0.457. The van der Waals surface area contributed by atoms with E-state index in [9.17, 15) is 14.4 Å². The maximum atomic E-state index is 12.9. The first-order valence-electron chi connectivity index (χ1n) is 11.0. The van der Waals surface area contributed by atoms with E-state index in [4.69, 9.17) is 0 Å². The van der Waals surface area contributed by atoms with E-state index < -0.39 is 5.92 Å². The first-order valence-corrected chi connectivity index (χ1v) is 11.0. The lowest BCUT2D eigenvalue weighted by atomic mass is 10.1. The van der Waals surface area contributed by atoms with Gasteiger partial charge in [-0.25, -0.2) is 0 Å². The third-order valence-electron chi connectivity index (χ3n) is 6.17. The molecule has 0 spiro atoms. The molecule has 0 unspecified atom stereocenters. The Morgan fingerprint density at radius 2 is 1.64 bits per heavy atom. The van der Waals surface area contributed by atoms with E-state index in [0.717, 1.165) is 28.2 Å². The standard InChI is InChI=1S/C26H28N4O3/c1-16-8-11-23(12-17(16)2)29-15-21(14-24(29)31)25(32)27-22-7-5-6-20(13-22)26(33)28-30-18(3)9-10-19(30)4/h5-13,21H,14-15H2,1-4H3,(H,27,32)(H,28,33)/t21-/m1/s1. The lowest BCUT2D eigenvalue weighted by molar-refractivity contribution is -0.122. The average Bonchev–Trinajstić information content (AvgIpc) is 3.33. The number of anilines is 2. The van der Waals surface area contributed by atoms with Gasteiger partial charge in [0.25, 0.3) is 5.91 Å². The molecule has 1 atom stereocenters. The molecule has 0 saturated carbocycles. The van der Waals surface area contributed by atoms with E-state index in [1.54, 1.807) is 33.8 Å². The quantitative estimate of drug-likeness (QED) is 0.622. The van der Waals surface area contributed by atoms with Crippen LogP contribution in [0.1, 0.15) is 39.3 Å². The van der Waals surface area contributed by atoms with Crippen molar-refractivity contribution in [3.8, 4) is 0 Å². The van der Waals surface area contributed by atoms with Crippen LogP contribution in [0.2, 0.25) is 0 Å². The monoisotopic (exact) mass is 444 g/mol. The highest BCUT2D eigenvalue weighted by Crippen LogP contribution is 2.27. The zero-order chi connectivity index (χ0) is 23.7. The number of hydrogen-bond acceptors (Lipinski definition) is 3. The van der Waals surface area contributed by atoms with Crippen molar-refractivity contribution in [2.45, 2.75) is 34.1 Å². The fraction of sp³-hybridized carbons (Fsp3) is 0.269. The molecule has 4 rings (SSSR count). The molecule has 0 radical (unpaired) electrons. The summed E-state index contributed by atoms with van der Waals surface area (Å²) in [6, 6.07) is 16.5. The minimum Gasteiger partial charge on any atom is -0.326 e. The van der Waals surface area contributed by atoms with Crippen LogP contribution < -0.4 is 15.6 Å². The molecule has 0 aliphatic carbocycles. The van der Waals surface area contributed by atoms with Crippen molar-refractivity contribution in [2.75, 3.05) is 22.2 Å². The van der Waals surface area contributed by atoms with Gasteiger partial charge >= 0.3 is 0 Å². The van der Waals surface area contributed by atoms with Gasteiger partial charge in [0.2, 0.25) is 11.8 Å². The van der Waals surface area contributed by atoms with Crippen LogP contribution >= 0.6 is 0 Å². The minimum absolute atomic E-state index is 0.0657. The van der Waals surface area contributed by atoms with Gasteiger partial charge in [0.15, 0.2) is 0 Å². The topological polar surface area (TPSA) is 83.4 Å². The highest BCUT2D eigenvalue weighted by molar-refractivity contribution is 6.05. The third-order valence-corrected chi connectivity index (χ3v) is 6.17. The smallest absolute Gasteiger partial charge is 0.270 e. The Labute approximate surface area is 193 Å². The molecule has 1 aromatic heterocycles. The number of nitrogens with one attached hydrogen (secondary N) is 2. The highest BCUT2D eigenvalue weighted by Gasteiger charge is 2.35. The average molecular weight is 445 g/mol. The molecule has 2 N–H and O–H groups in total. The summed E-state index contributed by atoms with van der Waals surface area (Å²) in [7, 11) is 0. The van der Waals surface area contributed by atoms with Gasteiger partial charge in [-0.2, -0.15) is 0 Å². The number of aryl methyl sites for hydroxylation is 4. The van der Waals surface area contributed by atoms with Crippen LogP contribution in [0.5, 0.6) is 0 Å². The Hall–Kier alpha value is -3.87. The summed E-state index contributed by atoms with van der Waals surface area (Å²) in [4.78, 5) is 39.8.